The van der Waals surface area contributed by atoms with Crippen LogP contribution in [-0.2, 0) is 6.54 Å². The zero-order valence-electron chi connectivity index (χ0n) is 12.5. The number of aromatic nitrogens is 5. The number of aryl methyl sites for hydroxylation is 1. The van der Waals surface area contributed by atoms with E-state index in [0.29, 0.717) is 5.39 Å². The molecule has 0 atom stereocenters. The van der Waals surface area contributed by atoms with E-state index in [9.17, 15) is 5.11 Å². The van der Waals surface area contributed by atoms with Crippen LogP contribution in [0.3, 0.4) is 0 Å². The number of nitrogens with zero attached hydrogens (tertiary/aromatic N) is 6. The summed E-state index contributed by atoms with van der Waals surface area (Å²) in [4.78, 5) is 11.2. The highest BCUT2D eigenvalue weighted by atomic mass is 16.3. The van der Waals surface area contributed by atoms with E-state index in [1.165, 1.54) is 12.8 Å². The molecule has 7 nitrogen and oxygen atoms in total. The summed E-state index contributed by atoms with van der Waals surface area (Å²) in [6, 6.07) is 0. The van der Waals surface area contributed by atoms with E-state index in [4.69, 9.17) is 0 Å². The van der Waals surface area contributed by atoms with Gasteiger partial charge in [0.25, 0.3) is 0 Å². The lowest BCUT2D eigenvalue weighted by Gasteiger charge is -2.13. The highest BCUT2D eigenvalue weighted by Crippen LogP contribution is 2.29. The molecular formula is C15H18N6O. The first-order chi connectivity index (χ1) is 10.8. The van der Waals surface area contributed by atoms with Gasteiger partial charge in [0.05, 0.1) is 22.8 Å². The molecule has 0 aromatic carbocycles. The van der Waals surface area contributed by atoms with Gasteiger partial charge in [-0.25, -0.2) is 9.97 Å². The van der Waals surface area contributed by atoms with Gasteiger partial charge in [-0.2, -0.15) is 5.10 Å². The molecule has 0 spiro atoms. The highest BCUT2D eigenvalue weighted by molar-refractivity contribution is 5.85. The first-order valence-electron chi connectivity index (χ1n) is 7.61. The third-order valence-corrected chi connectivity index (χ3v) is 4.14. The van der Waals surface area contributed by atoms with Gasteiger partial charge in [-0.15, -0.1) is 0 Å². The SMILES string of the molecule is CCn1cc(-n2cc3nc(N4CCCC4)ncc3c2O)cn1. The van der Waals surface area contributed by atoms with Gasteiger partial charge in [0, 0.05) is 38.2 Å². The predicted molar refractivity (Wildman–Crippen MR) is 83.4 cm³/mol. The van der Waals surface area contributed by atoms with Gasteiger partial charge >= 0.3 is 0 Å². The Hall–Kier alpha value is -2.57. The van der Waals surface area contributed by atoms with Crippen LogP contribution in [0.4, 0.5) is 5.95 Å². The topological polar surface area (TPSA) is 72.0 Å². The van der Waals surface area contributed by atoms with Crippen molar-refractivity contribution in [3.05, 3.63) is 24.8 Å². The van der Waals surface area contributed by atoms with Crippen molar-refractivity contribution < 1.29 is 5.11 Å². The molecule has 0 saturated carbocycles. The Morgan fingerprint density at radius 1 is 1.18 bits per heavy atom. The number of fused-ring (bicyclic) bond motifs is 1. The Morgan fingerprint density at radius 2 is 2.00 bits per heavy atom. The lowest BCUT2D eigenvalue weighted by Crippen LogP contribution is -2.20. The average molecular weight is 298 g/mol. The number of aromatic hydroxyl groups is 1. The summed E-state index contributed by atoms with van der Waals surface area (Å²) >= 11 is 0. The molecule has 0 aliphatic carbocycles. The zero-order valence-corrected chi connectivity index (χ0v) is 12.5. The second-order valence-electron chi connectivity index (χ2n) is 5.54. The van der Waals surface area contributed by atoms with E-state index in [1.807, 2.05) is 24.0 Å². The van der Waals surface area contributed by atoms with Crippen LogP contribution in [0.5, 0.6) is 5.88 Å². The van der Waals surface area contributed by atoms with Crippen LogP contribution in [0.2, 0.25) is 0 Å². The normalized spacial score (nSPS) is 15.0. The fraction of sp³-hybridized carbons (Fsp3) is 0.400. The smallest absolute Gasteiger partial charge is 0.225 e. The minimum Gasteiger partial charge on any atom is -0.494 e. The van der Waals surface area contributed by atoms with Crippen molar-refractivity contribution >= 4 is 16.9 Å². The van der Waals surface area contributed by atoms with E-state index < -0.39 is 0 Å². The number of hydrogen-bond donors (Lipinski definition) is 1. The van der Waals surface area contributed by atoms with Crippen molar-refractivity contribution in [3.8, 4) is 11.6 Å². The summed E-state index contributed by atoms with van der Waals surface area (Å²) < 4.78 is 3.52. The van der Waals surface area contributed by atoms with Crippen molar-refractivity contribution in [1.29, 1.82) is 0 Å². The van der Waals surface area contributed by atoms with Crippen LogP contribution < -0.4 is 4.90 Å². The van der Waals surface area contributed by atoms with Crippen molar-refractivity contribution in [1.82, 2.24) is 24.3 Å². The number of hydrogen-bond acceptors (Lipinski definition) is 5. The van der Waals surface area contributed by atoms with Crippen LogP contribution in [0.1, 0.15) is 19.8 Å². The van der Waals surface area contributed by atoms with Gasteiger partial charge in [-0.1, -0.05) is 0 Å². The molecule has 0 bridgehead atoms. The Balaban J connectivity index is 1.78. The molecule has 1 fully saturated rings. The van der Waals surface area contributed by atoms with Crippen molar-refractivity contribution in [2.45, 2.75) is 26.3 Å². The first kappa shape index (κ1) is 13.1. The van der Waals surface area contributed by atoms with Gasteiger partial charge in [0.1, 0.15) is 0 Å². The summed E-state index contributed by atoms with van der Waals surface area (Å²) in [6.07, 6.45) is 9.53. The maximum Gasteiger partial charge on any atom is 0.225 e. The van der Waals surface area contributed by atoms with Gasteiger partial charge in [-0.3, -0.25) is 9.25 Å². The molecule has 1 aliphatic rings. The van der Waals surface area contributed by atoms with Crippen molar-refractivity contribution in [3.63, 3.8) is 0 Å². The molecule has 7 heteroatoms. The Bertz CT molecular complexity index is 815. The van der Waals surface area contributed by atoms with E-state index in [1.54, 1.807) is 17.0 Å². The van der Waals surface area contributed by atoms with E-state index >= 15 is 0 Å². The molecule has 1 saturated heterocycles. The second-order valence-corrected chi connectivity index (χ2v) is 5.54. The molecule has 22 heavy (non-hydrogen) atoms. The Morgan fingerprint density at radius 3 is 2.73 bits per heavy atom. The quantitative estimate of drug-likeness (QED) is 0.800. The summed E-state index contributed by atoms with van der Waals surface area (Å²) in [5.41, 5.74) is 1.57. The second kappa shape index (κ2) is 5.01. The number of rotatable bonds is 3. The summed E-state index contributed by atoms with van der Waals surface area (Å²) in [6.45, 7) is 4.82. The van der Waals surface area contributed by atoms with E-state index in [2.05, 4.69) is 20.0 Å². The molecule has 4 heterocycles. The van der Waals surface area contributed by atoms with Crippen LogP contribution in [-0.4, -0.2) is 42.5 Å². The monoisotopic (exact) mass is 298 g/mol. The molecule has 0 amide bonds. The van der Waals surface area contributed by atoms with Gasteiger partial charge < -0.3 is 10.0 Å². The van der Waals surface area contributed by atoms with Gasteiger partial charge in [0.2, 0.25) is 11.8 Å². The van der Waals surface area contributed by atoms with Crippen LogP contribution in [0.25, 0.3) is 16.6 Å². The average Bonchev–Trinajstić information content (AvgIpc) is 3.27. The highest BCUT2D eigenvalue weighted by Gasteiger charge is 2.18. The molecule has 0 radical (unpaired) electrons. The minimum atomic E-state index is 0.152. The van der Waals surface area contributed by atoms with Crippen LogP contribution in [0.15, 0.2) is 24.8 Å². The summed E-state index contributed by atoms with van der Waals surface area (Å²) in [5, 5.41) is 15.3. The molecule has 3 aromatic heterocycles. The summed E-state index contributed by atoms with van der Waals surface area (Å²) in [7, 11) is 0. The largest absolute Gasteiger partial charge is 0.494 e. The number of anilines is 1. The Labute approximate surface area is 127 Å². The molecule has 3 aromatic rings. The third kappa shape index (κ3) is 2.01. The lowest BCUT2D eigenvalue weighted by atomic mass is 10.4. The van der Waals surface area contributed by atoms with E-state index in [0.717, 1.165) is 36.8 Å². The van der Waals surface area contributed by atoms with Crippen molar-refractivity contribution in [2.75, 3.05) is 18.0 Å². The summed E-state index contributed by atoms with van der Waals surface area (Å²) in [5.74, 6) is 0.894. The lowest BCUT2D eigenvalue weighted by molar-refractivity contribution is 0.448. The maximum absolute atomic E-state index is 10.4. The molecule has 1 aliphatic heterocycles. The first-order valence-corrected chi connectivity index (χ1v) is 7.61. The minimum absolute atomic E-state index is 0.152. The third-order valence-electron chi connectivity index (χ3n) is 4.14. The standard InChI is InChI=1S/C15H18N6O/c1-2-20-9-11(7-17-20)21-10-13-12(14(21)22)8-16-15(18-13)19-5-3-4-6-19/h7-10,22H,2-6H2,1H3. The van der Waals surface area contributed by atoms with E-state index in [-0.39, 0.29) is 5.88 Å². The maximum atomic E-state index is 10.4. The fourth-order valence-electron chi connectivity index (χ4n) is 2.89. The zero-order chi connectivity index (χ0) is 15.1. The van der Waals surface area contributed by atoms with Crippen LogP contribution >= 0.6 is 0 Å². The Kier molecular flexibility index (Phi) is 2.99. The molecule has 1 N–H and O–H groups in total. The molecule has 114 valence electrons. The van der Waals surface area contributed by atoms with Crippen LogP contribution in [0, 0.1) is 0 Å². The van der Waals surface area contributed by atoms with Gasteiger partial charge in [-0.05, 0) is 19.8 Å². The van der Waals surface area contributed by atoms with Gasteiger partial charge in [0.15, 0.2) is 0 Å². The van der Waals surface area contributed by atoms with Crippen molar-refractivity contribution in [2.24, 2.45) is 0 Å². The molecule has 0 unspecified atom stereocenters. The molecule has 4 rings (SSSR count). The predicted octanol–water partition coefficient (Wildman–Crippen LogP) is 1.94. The fourth-order valence-corrected chi connectivity index (χ4v) is 2.89. The molecular weight excluding hydrogens is 280 g/mol.